The van der Waals surface area contributed by atoms with Gasteiger partial charge in [0.15, 0.2) is 0 Å². The van der Waals surface area contributed by atoms with Crippen molar-refractivity contribution in [3.05, 3.63) is 59.0 Å². The Morgan fingerprint density at radius 1 is 1.39 bits per heavy atom. The number of terminal acetylenes is 1. The van der Waals surface area contributed by atoms with Gasteiger partial charge in [-0.25, -0.2) is 9.37 Å². The molecule has 0 bridgehead atoms. The number of carbonyl (C=O) groups is 1. The van der Waals surface area contributed by atoms with E-state index in [4.69, 9.17) is 6.42 Å². The maximum atomic E-state index is 15.3. The average Bonchev–Trinajstić information content (AvgIpc) is 3.46. The second kappa shape index (κ2) is 8.73. The van der Waals surface area contributed by atoms with Gasteiger partial charge in [0.2, 0.25) is 0 Å². The summed E-state index contributed by atoms with van der Waals surface area (Å²) in [5.74, 6) is 2.10. The summed E-state index contributed by atoms with van der Waals surface area (Å²) in [5, 5.41) is 13.9. The molecule has 33 heavy (non-hydrogen) atoms. The molecule has 9 heteroatoms. The number of piperidine rings is 1. The standard InChI is InChI=1S/C24H21FN6OS/c1-3-15-14-33-21-8-10-27-23(22(15)21)31(17-5-4-9-26-12-17)24(32)18-7-6-16(11-19(18)25)20-13-30(2)29-28-20/h1,6-8,10-11,13-14,17,26H,4-5,9,12H2,2H3/t17-/m1/s1. The molecule has 1 aromatic carbocycles. The van der Waals surface area contributed by atoms with E-state index in [1.165, 1.54) is 23.5 Å². The van der Waals surface area contributed by atoms with Crippen molar-refractivity contribution in [2.24, 2.45) is 7.05 Å². The van der Waals surface area contributed by atoms with Crippen molar-refractivity contribution in [3.8, 4) is 23.6 Å². The van der Waals surface area contributed by atoms with E-state index in [0.717, 1.165) is 29.5 Å². The van der Waals surface area contributed by atoms with Gasteiger partial charge in [0.1, 0.15) is 17.3 Å². The highest BCUT2D eigenvalue weighted by molar-refractivity contribution is 7.17. The van der Waals surface area contributed by atoms with Crippen LogP contribution in [0.2, 0.25) is 0 Å². The number of anilines is 1. The molecule has 7 nitrogen and oxygen atoms in total. The van der Waals surface area contributed by atoms with E-state index in [9.17, 15) is 4.79 Å². The molecule has 1 fully saturated rings. The fourth-order valence-corrected chi connectivity index (χ4v) is 5.09. The summed E-state index contributed by atoms with van der Waals surface area (Å²) >= 11 is 1.50. The van der Waals surface area contributed by atoms with Crippen LogP contribution in [0.15, 0.2) is 42.0 Å². The maximum Gasteiger partial charge on any atom is 0.262 e. The number of fused-ring (bicyclic) bond motifs is 1. The Balaban J connectivity index is 1.60. The number of hydrogen-bond acceptors (Lipinski definition) is 6. The minimum Gasteiger partial charge on any atom is -0.315 e. The highest BCUT2D eigenvalue weighted by Crippen LogP contribution is 2.35. The number of hydrogen-bond donors (Lipinski definition) is 1. The third-order valence-electron chi connectivity index (χ3n) is 5.80. The molecule has 1 aliphatic rings. The third-order valence-corrected chi connectivity index (χ3v) is 6.75. The van der Waals surface area contributed by atoms with Gasteiger partial charge in [0.05, 0.1) is 23.2 Å². The first-order chi connectivity index (χ1) is 16.1. The number of amides is 1. The lowest BCUT2D eigenvalue weighted by atomic mass is 10.0. The third kappa shape index (κ3) is 3.88. The number of thiophene rings is 1. The average molecular weight is 461 g/mol. The van der Waals surface area contributed by atoms with E-state index in [0.29, 0.717) is 29.2 Å². The number of nitrogens with zero attached hydrogens (tertiary/aromatic N) is 5. The SMILES string of the molecule is C#Cc1csc2ccnc(N(C(=O)c3ccc(-c4cn(C)nn4)cc3F)[C@@H]3CCCNC3)c12. The predicted molar refractivity (Wildman–Crippen MR) is 127 cm³/mol. The number of benzene rings is 1. The molecule has 0 spiro atoms. The van der Waals surface area contributed by atoms with E-state index >= 15 is 4.39 Å². The normalized spacial score (nSPS) is 16.0. The molecule has 1 aliphatic heterocycles. The van der Waals surface area contributed by atoms with Gasteiger partial charge in [0, 0.05) is 41.0 Å². The van der Waals surface area contributed by atoms with Crippen LogP contribution in [-0.2, 0) is 7.05 Å². The highest BCUT2D eigenvalue weighted by atomic mass is 32.1. The lowest BCUT2D eigenvalue weighted by Gasteiger charge is -2.34. The summed E-state index contributed by atoms with van der Waals surface area (Å²) < 4.78 is 17.7. The zero-order valence-electron chi connectivity index (χ0n) is 18.0. The summed E-state index contributed by atoms with van der Waals surface area (Å²) in [6.45, 7) is 1.48. The molecular formula is C24H21FN6OS. The van der Waals surface area contributed by atoms with Crippen LogP contribution < -0.4 is 10.2 Å². The van der Waals surface area contributed by atoms with E-state index in [1.54, 1.807) is 35.1 Å². The predicted octanol–water partition coefficient (Wildman–Crippen LogP) is 3.61. The van der Waals surface area contributed by atoms with Crippen LogP contribution in [-0.4, -0.2) is 45.0 Å². The summed E-state index contributed by atoms with van der Waals surface area (Å²) in [4.78, 5) is 20.0. The lowest BCUT2D eigenvalue weighted by Crippen LogP contribution is -2.49. The number of aryl methyl sites for hydroxylation is 1. The van der Waals surface area contributed by atoms with Crippen molar-refractivity contribution >= 4 is 33.1 Å². The van der Waals surface area contributed by atoms with Crippen molar-refractivity contribution in [1.82, 2.24) is 25.3 Å². The topological polar surface area (TPSA) is 75.9 Å². The minimum absolute atomic E-state index is 0.0236. The molecular weight excluding hydrogens is 439 g/mol. The Bertz CT molecular complexity index is 1380. The Kier molecular flexibility index (Phi) is 5.62. The number of carbonyl (C=O) groups excluding carboxylic acids is 1. The molecule has 3 aromatic heterocycles. The Hall–Kier alpha value is -3.61. The number of nitrogens with one attached hydrogen (secondary N) is 1. The molecule has 1 atom stereocenters. The summed E-state index contributed by atoms with van der Waals surface area (Å²) in [6, 6.07) is 6.21. The Morgan fingerprint density at radius 2 is 2.27 bits per heavy atom. The molecule has 1 saturated heterocycles. The molecule has 5 rings (SSSR count). The molecule has 4 heterocycles. The molecule has 166 valence electrons. The monoisotopic (exact) mass is 460 g/mol. The van der Waals surface area contributed by atoms with Gasteiger partial charge in [-0.15, -0.1) is 22.9 Å². The van der Waals surface area contributed by atoms with Crippen molar-refractivity contribution < 1.29 is 9.18 Å². The van der Waals surface area contributed by atoms with Crippen molar-refractivity contribution in [2.75, 3.05) is 18.0 Å². The number of aromatic nitrogens is 4. The minimum atomic E-state index is -0.619. The molecule has 0 saturated carbocycles. The van der Waals surface area contributed by atoms with Gasteiger partial charge >= 0.3 is 0 Å². The van der Waals surface area contributed by atoms with Crippen LogP contribution in [0.4, 0.5) is 10.2 Å². The van der Waals surface area contributed by atoms with Crippen molar-refractivity contribution in [1.29, 1.82) is 0 Å². The van der Waals surface area contributed by atoms with Gasteiger partial charge < -0.3 is 5.32 Å². The van der Waals surface area contributed by atoms with Gasteiger partial charge in [-0.2, -0.15) is 0 Å². The number of pyridine rings is 1. The molecule has 1 N–H and O–H groups in total. The molecule has 4 aromatic rings. The fraction of sp³-hybridized carbons (Fsp3) is 0.250. The largest absolute Gasteiger partial charge is 0.315 e. The van der Waals surface area contributed by atoms with Crippen LogP contribution in [0.1, 0.15) is 28.8 Å². The second-order valence-corrected chi connectivity index (χ2v) is 8.86. The van der Waals surface area contributed by atoms with Crippen molar-refractivity contribution in [3.63, 3.8) is 0 Å². The molecule has 0 radical (unpaired) electrons. The quantitative estimate of drug-likeness (QED) is 0.471. The zero-order valence-corrected chi connectivity index (χ0v) is 18.8. The van der Waals surface area contributed by atoms with Crippen molar-refractivity contribution in [2.45, 2.75) is 18.9 Å². The zero-order chi connectivity index (χ0) is 22.9. The van der Waals surface area contributed by atoms with Gasteiger partial charge in [-0.1, -0.05) is 17.2 Å². The van der Waals surface area contributed by atoms with Crippen LogP contribution >= 0.6 is 11.3 Å². The highest BCUT2D eigenvalue weighted by Gasteiger charge is 2.32. The summed E-state index contributed by atoms with van der Waals surface area (Å²) in [7, 11) is 1.74. The first-order valence-corrected chi connectivity index (χ1v) is 11.5. The molecule has 0 unspecified atom stereocenters. The molecule has 1 amide bonds. The Labute approximate surface area is 194 Å². The van der Waals surface area contributed by atoms with Crippen LogP contribution in [0.25, 0.3) is 21.3 Å². The van der Waals surface area contributed by atoms with Gasteiger partial charge in [-0.05, 0) is 37.6 Å². The number of halogens is 1. The van der Waals surface area contributed by atoms with Gasteiger partial charge in [0.25, 0.3) is 5.91 Å². The van der Waals surface area contributed by atoms with E-state index < -0.39 is 11.7 Å². The second-order valence-electron chi connectivity index (χ2n) is 7.95. The van der Waals surface area contributed by atoms with Crippen LogP contribution in [0.3, 0.4) is 0 Å². The van der Waals surface area contributed by atoms with E-state index in [2.05, 4.69) is 26.5 Å². The summed E-state index contributed by atoms with van der Waals surface area (Å²) in [5.41, 5.74) is 1.74. The summed E-state index contributed by atoms with van der Waals surface area (Å²) in [6.07, 6.45) is 10.8. The van der Waals surface area contributed by atoms with E-state index in [1.807, 2.05) is 11.4 Å². The first-order valence-electron chi connectivity index (χ1n) is 10.6. The lowest BCUT2D eigenvalue weighted by molar-refractivity contribution is 0.0968. The van der Waals surface area contributed by atoms with Gasteiger partial charge in [-0.3, -0.25) is 14.4 Å². The van der Waals surface area contributed by atoms with Crippen LogP contribution in [0, 0.1) is 18.2 Å². The van der Waals surface area contributed by atoms with Crippen LogP contribution in [0.5, 0.6) is 0 Å². The molecule has 0 aliphatic carbocycles. The first kappa shape index (κ1) is 21.2. The fourth-order valence-electron chi connectivity index (χ4n) is 4.20. The van der Waals surface area contributed by atoms with E-state index in [-0.39, 0.29) is 11.6 Å². The maximum absolute atomic E-state index is 15.3. The Morgan fingerprint density at radius 3 is 2.97 bits per heavy atom. The number of rotatable bonds is 4. The smallest absolute Gasteiger partial charge is 0.262 e.